The molecule has 1 aromatic rings. The van der Waals surface area contributed by atoms with Crippen LogP contribution in [0.3, 0.4) is 0 Å². The molecule has 2 unspecified atom stereocenters. The number of rotatable bonds is 5. The highest BCUT2D eigenvalue weighted by Crippen LogP contribution is 2.28. The first-order valence-electron chi connectivity index (χ1n) is 8.83. The van der Waals surface area contributed by atoms with E-state index in [1.54, 1.807) is 0 Å². The third-order valence-electron chi connectivity index (χ3n) is 5.19. The minimum Gasteiger partial charge on any atom is -0.335 e. The average molecular weight is 351 g/mol. The summed E-state index contributed by atoms with van der Waals surface area (Å²) in [5, 5.41) is 3.40. The maximum Gasteiger partial charge on any atom is 0.223 e. The second-order valence-corrected chi connectivity index (χ2v) is 6.65. The third-order valence-corrected chi connectivity index (χ3v) is 5.19. The van der Waals surface area contributed by atoms with E-state index >= 15 is 0 Å². The van der Waals surface area contributed by atoms with E-state index in [0.29, 0.717) is 24.9 Å². The van der Waals surface area contributed by atoms with E-state index in [4.69, 9.17) is 0 Å². The zero-order valence-electron chi connectivity index (χ0n) is 14.3. The summed E-state index contributed by atoms with van der Waals surface area (Å²) in [4.78, 5) is 27.0. The van der Waals surface area contributed by atoms with E-state index in [1.807, 2.05) is 24.3 Å². The van der Waals surface area contributed by atoms with Gasteiger partial charge in [-0.05, 0) is 37.8 Å². The Bertz CT molecular complexity index is 559. The predicted molar refractivity (Wildman–Crippen MR) is 97.8 cm³/mol. The van der Waals surface area contributed by atoms with Crippen LogP contribution >= 0.6 is 12.4 Å². The fourth-order valence-corrected chi connectivity index (χ4v) is 3.81. The van der Waals surface area contributed by atoms with Crippen molar-refractivity contribution in [3.63, 3.8) is 0 Å². The molecule has 2 saturated heterocycles. The first-order valence-corrected chi connectivity index (χ1v) is 8.83. The Morgan fingerprint density at radius 1 is 1.08 bits per heavy atom. The van der Waals surface area contributed by atoms with Crippen molar-refractivity contribution in [1.82, 2.24) is 10.2 Å². The van der Waals surface area contributed by atoms with E-state index in [2.05, 4.69) is 17.1 Å². The second-order valence-electron chi connectivity index (χ2n) is 6.65. The zero-order valence-corrected chi connectivity index (χ0v) is 15.1. The molecule has 5 heteroatoms. The summed E-state index contributed by atoms with van der Waals surface area (Å²) in [7, 11) is 0. The van der Waals surface area contributed by atoms with Crippen LogP contribution in [0.4, 0.5) is 0 Å². The lowest BCUT2D eigenvalue weighted by molar-refractivity contribution is -0.133. The second kappa shape index (κ2) is 8.63. The molecule has 1 amide bonds. The molecule has 0 radical (unpaired) electrons. The first kappa shape index (κ1) is 18.9. The van der Waals surface area contributed by atoms with Crippen LogP contribution in [0.1, 0.15) is 54.9 Å². The number of hydrogen-bond donors (Lipinski definition) is 1. The van der Waals surface area contributed by atoms with Gasteiger partial charge in [0.2, 0.25) is 5.91 Å². The van der Waals surface area contributed by atoms with Crippen LogP contribution in [0.2, 0.25) is 0 Å². The molecule has 3 rings (SSSR count). The number of ketones is 1. The van der Waals surface area contributed by atoms with Crippen LogP contribution in [0.25, 0.3) is 0 Å². The van der Waals surface area contributed by atoms with Crippen LogP contribution < -0.4 is 5.32 Å². The Morgan fingerprint density at radius 3 is 2.50 bits per heavy atom. The number of benzene rings is 1. The predicted octanol–water partition coefficient (Wildman–Crippen LogP) is 2.99. The highest BCUT2D eigenvalue weighted by Gasteiger charge is 2.37. The normalized spacial score (nSPS) is 22.6. The van der Waals surface area contributed by atoms with Gasteiger partial charge in [-0.2, -0.15) is 0 Å². The van der Waals surface area contributed by atoms with Gasteiger partial charge < -0.3 is 10.2 Å². The van der Waals surface area contributed by atoms with E-state index < -0.39 is 0 Å². The summed E-state index contributed by atoms with van der Waals surface area (Å²) in [6, 6.07) is 8.46. The first-order chi connectivity index (χ1) is 11.2. The summed E-state index contributed by atoms with van der Waals surface area (Å²) in [5.41, 5.74) is 1.95. The molecule has 0 spiro atoms. The van der Waals surface area contributed by atoms with Crippen LogP contribution in [0.15, 0.2) is 24.3 Å². The van der Waals surface area contributed by atoms with Crippen LogP contribution in [0, 0.1) is 0 Å². The van der Waals surface area contributed by atoms with E-state index in [0.717, 1.165) is 44.3 Å². The van der Waals surface area contributed by atoms with Crippen molar-refractivity contribution in [2.45, 2.75) is 57.5 Å². The van der Waals surface area contributed by atoms with Crippen LogP contribution in [0.5, 0.6) is 0 Å². The lowest BCUT2D eigenvalue weighted by atomic mass is 10.0. The molecular formula is C19H27ClN2O2. The number of aryl methyl sites for hydroxylation is 1. The van der Waals surface area contributed by atoms with Crippen molar-refractivity contribution < 1.29 is 9.59 Å². The number of nitrogens with one attached hydrogen (secondary N) is 1. The number of nitrogens with zero attached hydrogens (tertiary/aromatic N) is 1. The Labute approximate surface area is 150 Å². The maximum atomic E-state index is 12.6. The number of carbonyl (C=O) groups excluding carboxylic acids is 2. The molecule has 2 fully saturated rings. The third kappa shape index (κ3) is 4.17. The molecule has 24 heavy (non-hydrogen) atoms. The molecule has 2 aliphatic heterocycles. The lowest BCUT2D eigenvalue weighted by Gasteiger charge is -2.27. The summed E-state index contributed by atoms with van der Waals surface area (Å²) >= 11 is 0. The smallest absolute Gasteiger partial charge is 0.223 e. The minimum absolute atomic E-state index is 0. The van der Waals surface area contributed by atoms with E-state index in [1.165, 1.54) is 5.56 Å². The Balaban J connectivity index is 0.00000208. The Morgan fingerprint density at radius 2 is 1.79 bits per heavy atom. The quantitative estimate of drug-likeness (QED) is 0.830. The summed E-state index contributed by atoms with van der Waals surface area (Å²) in [5.74, 6) is 0.223. The number of halogens is 1. The van der Waals surface area contributed by atoms with Crippen molar-refractivity contribution in [1.29, 1.82) is 0 Å². The highest BCUT2D eigenvalue weighted by atomic mass is 35.5. The molecule has 2 atom stereocenters. The highest BCUT2D eigenvalue weighted by molar-refractivity contribution is 5.98. The topological polar surface area (TPSA) is 49.4 Å². The standard InChI is InChI=1S/C19H26N2O2.ClH/c1-2-14-3-5-15(6-4-14)18(22)9-10-19(23)21-16-7-8-17(21)13-20-12-11-16;/h3-6,16-17,20H,2,7-13H2,1H3;1H. The van der Waals surface area contributed by atoms with Gasteiger partial charge in [-0.1, -0.05) is 31.2 Å². The van der Waals surface area contributed by atoms with Crippen molar-refractivity contribution in [2.24, 2.45) is 0 Å². The monoisotopic (exact) mass is 350 g/mol. The number of hydrogen-bond acceptors (Lipinski definition) is 3. The average Bonchev–Trinajstić information content (AvgIpc) is 2.85. The van der Waals surface area contributed by atoms with Gasteiger partial charge in [-0.15, -0.1) is 12.4 Å². The number of carbonyl (C=O) groups is 2. The lowest BCUT2D eigenvalue weighted by Crippen LogP contribution is -2.42. The molecule has 2 heterocycles. The fraction of sp³-hybridized carbons (Fsp3) is 0.579. The van der Waals surface area contributed by atoms with Gasteiger partial charge in [0.25, 0.3) is 0 Å². The van der Waals surface area contributed by atoms with E-state index in [9.17, 15) is 9.59 Å². The molecule has 2 aliphatic rings. The number of amides is 1. The largest absolute Gasteiger partial charge is 0.335 e. The molecule has 0 saturated carbocycles. The molecule has 1 N–H and O–H groups in total. The Hall–Kier alpha value is -1.39. The van der Waals surface area contributed by atoms with Crippen LogP contribution in [-0.4, -0.2) is 41.8 Å². The summed E-state index contributed by atoms with van der Waals surface area (Å²) in [6.07, 6.45) is 4.86. The summed E-state index contributed by atoms with van der Waals surface area (Å²) < 4.78 is 0. The maximum absolute atomic E-state index is 12.6. The molecular weight excluding hydrogens is 324 g/mol. The molecule has 4 nitrogen and oxygen atoms in total. The van der Waals surface area contributed by atoms with Crippen molar-refractivity contribution in [3.8, 4) is 0 Å². The van der Waals surface area contributed by atoms with Gasteiger partial charge in [0, 0.05) is 37.0 Å². The summed E-state index contributed by atoms with van der Waals surface area (Å²) in [6.45, 7) is 3.99. The molecule has 2 bridgehead atoms. The number of Topliss-reactive ketones (excluding diaryl/α,β-unsaturated/α-hetero) is 1. The molecule has 0 aromatic heterocycles. The van der Waals surface area contributed by atoms with E-state index in [-0.39, 0.29) is 24.1 Å². The molecule has 132 valence electrons. The molecule has 0 aliphatic carbocycles. The minimum atomic E-state index is 0. The van der Waals surface area contributed by atoms with Gasteiger partial charge >= 0.3 is 0 Å². The van der Waals surface area contributed by atoms with Gasteiger partial charge in [0.1, 0.15) is 0 Å². The van der Waals surface area contributed by atoms with Gasteiger partial charge in [-0.3, -0.25) is 9.59 Å². The van der Waals surface area contributed by atoms with Gasteiger partial charge in [0.05, 0.1) is 0 Å². The SMILES string of the molecule is CCc1ccc(C(=O)CCC(=O)N2C3CCNCC2CC3)cc1.Cl. The zero-order chi connectivity index (χ0) is 16.2. The number of fused-ring (bicyclic) bond motifs is 2. The van der Waals surface area contributed by atoms with Crippen molar-refractivity contribution in [2.75, 3.05) is 13.1 Å². The van der Waals surface area contributed by atoms with Gasteiger partial charge in [-0.25, -0.2) is 0 Å². The van der Waals surface area contributed by atoms with Gasteiger partial charge in [0.15, 0.2) is 5.78 Å². The van der Waals surface area contributed by atoms with Crippen molar-refractivity contribution in [3.05, 3.63) is 35.4 Å². The fourth-order valence-electron chi connectivity index (χ4n) is 3.81. The Kier molecular flexibility index (Phi) is 6.81. The van der Waals surface area contributed by atoms with Crippen LogP contribution in [-0.2, 0) is 11.2 Å². The van der Waals surface area contributed by atoms with Crippen molar-refractivity contribution >= 4 is 24.1 Å². The molecule has 1 aromatic carbocycles.